The Morgan fingerprint density at radius 3 is 2.05 bits per heavy atom. The second-order valence-electron chi connectivity index (χ2n) is 8.27. The fourth-order valence-electron chi connectivity index (χ4n) is 3.55. The van der Waals surface area contributed by atoms with Crippen molar-refractivity contribution in [2.75, 3.05) is 20.3 Å². The number of carbonyl (C=O) groups is 2. The topological polar surface area (TPSA) is 161 Å². The zero-order chi connectivity index (χ0) is 27.7. The van der Waals surface area contributed by atoms with E-state index >= 15 is 0 Å². The highest BCUT2D eigenvalue weighted by Crippen LogP contribution is 2.21. The molecule has 11 heteroatoms. The Morgan fingerprint density at radius 2 is 1.53 bits per heavy atom. The number of methoxy groups -OCH3 is 1. The molecule has 38 heavy (non-hydrogen) atoms. The highest BCUT2D eigenvalue weighted by atomic mass is 32.2. The summed E-state index contributed by atoms with van der Waals surface area (Å²) in [5.74, 6) is -0.708. The van der Waals surface area contributed by atoms with Crippen LogP contribution >= 0.6 is 0 Å². The standard InChI is InChI=1S/C27H30N4O6S/c1-3-37-27(33)24(31-38(34,35)23-14-12-22(36-2)13-15-23)17-30-25(32)16-18-4-6-19(7-5-18)20-8-10-21(11-9-20)26(28)29/h4-15,24,31H,3,16-17H2,1-2H3,(H3,28,29)(H,30,32)/t24-/m0/s1. The van der Waals surface area contributed by atoms with E-state index in [9.17, 15) is 18.0 Å². The first kappa shape index (κ1) is 28.4. The van der Waals surface area contributed by atoms with Crippen LogP contribution in [0.2, 0.25) is 0 Å². The van der Waals surface area contributed by atoms with Crippen LogP contribution in [0.15, 0.2) is 77.7 Å². The van der Waals surface area contributed by atoms with E-state index < -0.39 is 22.0 Å². The summed E-state index contributed by atoms with van der Waals surface area (Å²) in [6.07, 6.45) is 0.0321. The van der Waals surface area contributed by atoms with E-state index in [1.54, 1.807) is 19.1 Å². The number of nitrogens with one attached hydrogen (secondary N) is 3. The number of hydrogen-bond acceptors (Lipinski definition) is 7. The lowest BCUT2D eigenvalue weighted by molar-refractivity contribution is -0.145. The Labute approximate surface area is 221 Å². The molecule has 0 aliphatic rings. The van der Waals surface area contributed by atoms with Gasteiger partial charge in [-0.15, -0.1) is 0 Å². The van der Waals surface area contributed by atoms with Gasteiger partial charge in [0.25, 0.3) is 0 Å². The molecular formula is C27H30N4O6S. The van der Waals surface area contributed by atoms with E-state index in [2.05, 4.69) is 10.0 Å². The number of esters is 1. The summed E-state index contributed by atoms with van der Waals surface area (Å²) in [4.78, 5) is 24.9. The average Bonchev–Trinajstić information content (AvgIpc) is 2.91. The third-order valence-electron chi connectivity index (χ3n) is 5.59. The molecule has 0 spiro atoms. The van der Waals surface area contributed by atoms with Crippen molar-refractivity contribution >= 4 is 27.7 Å². The number of rotatable bonds is 12. The van der Waals surface area contributed by atoms with Crippen molar-refractivity contribution in [2.45, 2.75) is 24.3 Å². The maximum Gasteiger partial charge on any atom is 0.326 e. The Morgan fingerprint density at radius 1 is 0.947 bits per heavy atom. The fourth-order valence-corrected chi connectivity index (χ4v) is 4.73. The lowest BCUT2D eigenvalue weighted by Crippen LogP contribution is -2.49. The van der Waals surface area contributed by atoms with Gasteiger partial charge in [0.15, 0.2) is 0 Å². The second-order valence-corrected chi connectivity index (χ2v) is 9.98. The van der Waals surface area contributed by atoms with Crippen molar-refractivity contribution in [3.05, 3.63) is 83.9 Å². The molecule has 0 radical (unpaired) electrons. The number of nitrogens with two attached hydrogens (primary N) is 1. The summed E-state index contributed by atoms with van der Waals surface area (Å²) >= 11 is 0. The van der Waals surface area contributed by atoms with Gasteiger partial charge in [-0.05, 0) is 47.9 Å². The smallest absolute Gasteiger partial charge is 0.326 e. The van der Waals surface area contributed by atoms with Gasteiger partial charge in [0.1, 0.15) is 17.6 Å². The van der Waals surface area contributed by atoms with Crippen LogP contribution in [-0.4, -0.2) is 52.4 Å². The van der Waals surface area contributed by atoms with Gasteiger partial charge in [0.05, 0.1) is 25.0 Å². The minimum Gasteiger partial charge on any atom is -0.497 e. The van der Waals surface area contributed by atoms with Crippen LogP contribution in [0, 0.1) is 5.41 Å². The number of hydrogen-bond donors (Lipinski definition) is 4. The first-order valence-corrected chi connectivity index (χ1v) is 13.2. The minimum atomic E-state index is -4.07. The summed E-state index contributed by atoms with van der Waals surface area (Å²) < 4.78 is 37.9. The van der Waals surface area contributed by atoms with Crippen LogP contribution in [0.25, 0.3) is 11.1 Å². The van der Waals surface area contributed by atoms with Crippen LogP contribution in [0.5, 0.6) is 5.75 Å². The molecule has 200 valence electrons. The monoisotopic (exact) mass is 538 g/mol. The summed E-state index contributed by atoms with van der Waals surface area (Å²) in [6, 6.07) is 19.0. The number of carbonyl (C=O) groups excluding carboxylic acids is 2. The fraction of sp³-hybridized carbons (Fsp3) is 0.222. The molecule has 0 heterocycles. The molecule has 0 saturated carbocycles. The Kier molecular flexibility index (Phi) is 9.58. The largest absolute Gasteiger partial charge is 0.497 e. The molecule has 5 N–H and O–H groups in total. The summed E-state index contributed by atoms with van der Waals surface area (Å²) in [5.41, 5.74) is 8.73. The van der Waals surface area contributed by atoms with Crippen molar-refractivity contribution in [2.24, 2.45) is 5.73 Å². The molecule has 10 nitrogen and oxygen atoms in total. The van der Waals surface area contributed by atoms with E-state index in [1.165, 1.54) is 31.4 Å². The quantitative estimate of drug-likeness (QED) is 0.156. The van der Waals surface area contributed by atoms with Gasteiger partial charge in [-0.25, -0.2) is 8.42 Å². The van der Waals surface area contributed by atoms with E-state index in [-0.39, 0.29) is 36.2 Å². The number of sulfonamides is 1. The number of nitrogen functional groups attached to an aromatic ring is 1. The van der Waals surface area contributed by atoms with E-state index in [4.69, 9.17) is 20.6 Å². The van der Waals surface area contributed by atoms with Crippen molar-refractivity contribution < 1.29 is 27.5 Å². The SMILES string of the molecule is CCOC(=O)[C@H](CNC(=O)Cc1ccc(-c2ccc(C(=N)N)cc2)cc1)NS(=O)(=O)c1ccc(OC)cc1. The Balaban J connectivity index is 1.62. The van der Waals surface area contributed by atoms with Gasteiger partial charge in [-0.1, -0.05) is 48.5 Å². The van der Waals surface area contributed by atoms with E-state index in [0.717, 1.165) is 16.7 Å². The lowest BCUT2D eigenvalue weighted by Gasteiger charge is -2.18. The highest BCUT2D eigenvalue weighted by molar-refractivity contribution is 7.89. The molecule has 0 saturated heterocycles. The molecule has 0 fully saturated rings. The summed E-state index contributed by atoms with van der Waals surface area (Å²) in [6.45, 7) is 1.37. The average molecular weight is 539 g/mol. The zero-order valence-corrected chi connectivity index (χ0v) is 21.9. The predicted molar refractivity (Wildman–Crippen MR) is 143 cm³/mol. The molecule has 0 bridgehead atoms. The van der Waals surface area contributed by atoms with Crippen LogP contribution in [-0.2, 0) is 30.8 Å². The molecular weight excluding hydrogens is 508 g/mol. The summed E-state index contributed by atoms with van der Waals surface area (Å²) in [7, 11) is -2.61. The maximum atomic E-state index is 12.8. The molecule has 3 aromatic carbocycles. The summed E-state index contributed by atoms with van der Waals surface area (Å²) in [5, 5.41) is 10.1. The third kappa shape index (κ3) is 7.64. The van der Waals surface area contributed by atoms with Gasteiger partial charge in [-0.2, -0.15) is 4.72 Å². The molecule has 3 aromatic rings. The van der Waals surface area contributed by atoms with E-state index in [1.807, 2.05) is 36.4 Å². The normalized spacial score (nSPS) is 11.8. The molecule has 1 atom stereocenters. The molecule has 0 aliphatic heterocycles. The van der Waals surface area contributed by atoms with Crippen molar-refractivity contribution in [1.29, 1.82) is 5.41 Å². The van der Waals surface area contributed by atoms with E-state index in [0.29, 0.717) is 11.3 Å². The second kappa shape index (κ2) is 12.8. The van der Waals surface area contributed by atoms with Gasteiger partial charge in [-0.3, -0.25) is 15.0 Å². The van der Waals surface area contributed by atoms with Crippen molar-refractivity contribution in [3.63, 3.8) is 0 Å². The molecule has 3 rings (SSSR count). The molecule has 0 aromatic heterocycles. The van der Waals surface area contributed by atoms with Gasteiger partial charge in [0.2, 0.25) is 15.9 Å². The minimum absolute atomic E-state index is 0.00311. The van der Waals surface area contributed by atoms with Gasteiger partial charge < -0.3 is 20.5 Å². The molecule has 0 aliphatic carbocycles. The lowest BCUT2D eigenvalue weighted by atomic mass is 10.0. The number of amidine groups is 1. The third-order valence-corrected chi connectivity index (χ3v) is 7.08. The Bertz CT molecular complexity index is 1370. The maximum absolute atomic E-state index is 12.8. The number of ether oxygens (including phenoxy) is 2. The molecule has 0 unspecified atom stereocenters. The van der Waals surface area contributed by atoms with Gasteiger partial charge in [0, 0.05) is 12.1 Å². The van der Waals surface area contributed by atoms with Crippen LogP contribution < -0.4 is 20.5 Å². The van der Waals surface area contributed by atoms with Crippen molar-refractivity contribution in [1.82, 2.24) is 10.0 Å². The zero-order valence-electron chi connectivity index (χ0n) is 21.1. The van der Waals surface area contributed by atoms with Crippen molar-refractivity contribution in [3.8, 4) is 16.9 Å². The number of benzene rings is 3. The first-order valence-electron chi connectivity index (χ1n) is 11.8. The molecule has 1 amide bonds. The number of amides is 1. The Hall–Kier alpha value is -4.22. The van der Waals surface area contributed by atoms with Crippen LogP contribution in [0.3, 0.4) is 0 Å². The first-order chi connectivity index (χ1) is 18.1. The van der Waals surface area contributed by atoms with Crippen LogP contribution in [0.4, 0.5) is 0 Å². The van der Waals surface area contributed by atoms with Crippen LogP contribution in [0.1, 0.15) is 18.1 Å². The predicted octanol–water partition coefficient (Wildman–Crippen LogP) is 2.22. The van der Waals surface area contributed by atoms with Gasteiger partial charge >= 0.3 is 5.97 Å². The highest BCUT2D eigenvalue weighted by Gasteiger charge is 2.27.